The minimum Gasteiger partial charge on any atom is -0.395 e. The molecule has 0 saturated heterocycles. The fourth-order valence-corrected chi connectivity index (χ4v) is 1.60. The lowest BCUT2D eigenvalue weighted by atomic mass is 10.1. The highest BCUT2D eigenvalue weighted by Crippen LogP contribution is 2.25. The number of anilines is 1. The molecule has 0 aliphatic rings. The maximum atomic E-state index is 12.2. The van der Waals surface area contributed by atoms with Gasteiger partial charge in [-0.1, -0.05) is 18.2 Å². The summed E-state index contributed by atoms with van der Waals surface area (Å²) in [7, 11) is 1.49. The number of hydrogen-bond donors (Lipinski definition) is 2. The van der Waals surface area contributed by atoms with Crippen LogP contribution in [0.15, 0.2) is 24.3 Å². The summed E-state index contributed by atoms with van der Waals surface area (Å²) < 4.78 is 36.7. The Morgan fingerprint density at radius 1 is 1.35 bits per heavy atom. The predicted octanol–water partition coefficient (Wildman–Crippen LogP) is 2.64. The Labute approximate surface area is 115 Å². The molecule has 0 aliphatic heterocycles. The molecule has 0 aromatic heterocycles. The average molecular weight is 290 g/mol. The van der Waals surface area contributed by atoms with Crippen molar-refractivity contribution in [1.29, 1.82) is 0 Å². The predicted molar refractivity (Wildman–Crippen MR) is 69.6 cm³/mol. The Hall–Kier alpha value is -1.76. The zero-order chi connectivity index (χ0) is 15.2. The minimum atomic E-state index is -4.23. The van der Waals surface area contributed by atoms with Crippen molar-refractivity contribution in [2.45, 2.75) is 19.0 Å². The van der Waals surface area contributed by atoms with E-state index in [0.29, 0.717) is 11.3 Å². The van der Waals surface area contributed by atoms with E-state index >= 15 is 0 Å². The number of carbonyl (C=O) groups excluding carboxylic acids is 1. The molecule has 0 bridgehead atoms. The van der Waals surface area contributed by atoms with Crippen LogP contribution in [0.3, 0.4) is 0 Å². The van der Waals surface area contributed by atoms with Crippen molar-refractivity contribution in [2.24, 2.45) is 0 Å². The third kappa shape index (κ3) is 5.48. The molecule has 0 spiro atoms. The summed E-state index contributed by atoms with van der Waals surface area (Å²) in [5, 5.41) is 11.3. The number of halogens is 3. The standard InChI is InChI=1S/C13H17F3N2O2/c1-18(8-9-19)12(20)17-11-5-3-2-4-10(11)6-7-13(14,15)16/h2-5,19H,6-9H2,1H3,(H,17,20). The van der Waals surface area contributed by atoms with Gasteiger partial charge in [0.05, 0.1) is 6.61 Å². The van der Waals surface area contributed by atoms with E-state index < -0.39 is 18.6 Å². The van der Waals surface area contributed by atoms with Gasteiger partial charge < -0.3 is 15.3 Å². The molecular formula is C13H17F3N2O2. The monoisotopic (exact) mass is 290 g/mol. The molecule has 112 valence electrons. The van der Waals surface area contributed by atoms with E-state index in [4.69, 9.17) is 5.11 Å². The van der Waals surface area contributed by atoms with Gasteiger partial charge in [-0.25, -0.2) is 4.79 Å². The number of para-hydroxylation sites is 1. The van der Waals surface area contributed by atoms with Gasteiger partial charge in [-0.15, -0.1) is 0 Å². The van der Waals surface area contributed by atoms with Crippen molar-refractivity contribution in [3.05, 3.63) is 29.8 Å². The van der Waals surface area contributed by atoms with Crippen LogP contribution in [-0.4, -0.2) is 42.4 Å². The first-order valence-electron chi connectivity index (χ1n) is 6.11. The fraction of sp³-hybridized carbons (Fsp3) is 0.462. The molecule has 0 radical (unpaired) electrons. The van der Waals surface area contributed by atoms with Gasteiger partial charge in [0.15, 0.2) is 0 Å². The highest BCUT2D eigenvalue weighted by molar-refractivity contribution is 5.90. The number of aryl methyl sites for hydroxylation is 1. The van der Waals surface area contributed by atoms with Crippen LogP contribution >= 0.6 is 0 Å². The number of aliphatic hydroxyl groups excluding tert-OH is 1. The van der Waals surface area contributed by atoms with Gasteiger partial charge in [-0.2, -0.15) is 13.2 Å². The Bertz CT molecular complexity index is 449. The molecule has 1 aromatic rings. The number of likely N-dealkylation sites (N-methyl/N-ethyl adjacent to an activating group) is 1. The smallest absolute Gasteiger partial charge is 0.389 e. The largest absolute Gasteiger partial charge is 0.395 e. The maximum Gasteiger partial charge on any atom is 0.389 e. The molecule has 0 aliphatic carbocycles. The molecule has 0 atom stereocenters. The lowest BCUT2D eigenvalue weighted by Gasteiger charge is -2.18. The third-order valence-electron chi connectivity index (χ3n) is 2.72. The fourth-order valence-electron chi connectivity index (χ4n) is 1.60. The van der Waals surface area contributed by atoms with Crippen LogP contribution in [0.4, 0.5) is 23.7 Å². The number of rotatable bonds is 5. The topological polar surface area (TPSA) is 52.6 Å². The summed E-state index contributed by atoms with van der Waals surface area (Å²) >= 11 is 0. The number of urea groups is 1. The lowest BCUT2D eigenvalue weighted by Crippen LogP contribution is -2.33. The van der Waals surface area contributed by atoms with Gasteiger partial charge in [0.25, 0.3) is 0 Å². The Morgan fingerprint density at radius 2 is 2.00 bits per heavy atom. The molecule has 0 heterocycles. The van der Waals surface area contributed by atoms with Crippen LogP contribution in [0.25, 0.3) is 0 Å². The summed E-state index contributed by atoms with van der Waals surface area (Å²) in [6.45, 7) is -0.0316. The molecule has 0 unspecified atom stereocenters. The highest BCUT2D eigenvalue weighted by Gasteiger charge is 2.27. The maximum absolute atomic E-state index is 12.2. The molecule has 0 fully saturated rings. The molecule has 4 nitrogen and oxygen atoms in total. The van der Waals surface area contributed by atoms with Crippen LogP contribution in [-0.2, 0) is 6.42 Å². The number of nitrogens with zero attached hydrogens (tertiary/aromatic N) is 1. The number of amides is 2. The first-order valence-corrected chi connectivity index (χ1v) is 6.11. The zero-order valence-electron chi connectivity index (χ0n) is 11.1. The van der Waals surface area contributed by atoms with E-state index in [2.05, 4.69) is 5.32 Å². The van der Waals surface area contributed by atoms with Gasteiger partial charge in [0.1, 0.15) is 0 Å². The van der Waals surface area contributed by atoms with Gasteiger partial charge in [0, 0.05) is 25.7 Å². The summed E-state index contributed by atoms with van der Waals surface area (Å²) in [6, 6.07) is 5.89. The van der Waals surface area contributed by atoms with Crippen molar-refractivity contribution in [1.82, 2.24) is 4.90 Å². The Morgan fingerprint density at radius 3 is 2.60 bits per heavy atom. The number of nitrogens with one attached hydrogen (secondary N) is 1. The van der Waals surface area contributed by atoms with Gasteiger partial charge in [0.2, 0.25) is 0 Å². The van der Waals surface area contributed by atoms with Crippen molar-refractivity contribution in [2.75, 3.05) is 25.5 Å². The quantitative estimate of drug-likeness (QED) is 0.876. The van der Waals surface area contributed by atoms with Gasteiger partial charge >= 0.3 is 12.2 Å². The minimum absolute atomic E-state index is 0.149. The van der Waals surface area contributed by atoms with Crippen LogP contribution in [0.5, 0.6) is 0 Å². The van der Waals surface area contributed by atoms with E-state index in [-0.39, 0.29) is 19.6 Å². The first-order chi connectivity index (χ1) is 9.33. The van der Waals surface area contributed by atoms with Crippen molar-refractivity contribution in [3.63, 3.8) is 0 Å². The van der Waals surface area contributed by atoms with E-state index in [1.807, 2.05) is 0 Å². The van der Waals surface area contributed by atoms with Crippen molar-refractivity contribution in [3.8, 4) is 0 Å². The van der Waals surface area contributed by atoms with Crippen LogP contribution in [0, 0.1) is 0 Å². The third-order valence-corrected chi connectivity index (χ3v) is 2.72. The summed E-state index contributed by atoms with van der Waals surface area (Å²) in [5.41, 5.74) is 0.780. The van der Waals surface area contributed by atoms with Gasteiger partial charge in [-0.3, -0.25) is 0 Å². The second-order valence-electron chi connectivity index (χ2n) is 4.35. The first kappa shape index (κ1) is 16.3. The second-order valence-corrected chi connectivity index (χ2v) is 4.35. The molecule has 7 heteroatoms. The normalized spacial score (nSPS) is 11.2. The van der Waals surface area contributed by atoms with Crippen molar-refractivity contribution < 1.29 is 23.1 Å². The molecule has 2 N–H and O–H groups in total. The number of carbonyl (C=O) groups is 1. The van der Waals surface area contributed by atoms with E-state index in [0.717, 1.165) is 0 Å². The summed E-state index contributed by atoms with van der Waals surface area (Å²) in [4.78, 5) is 13.0. The van der Waals surface area contributed by atoms with Crippen LogP contribution < -0.4 is 5.32 Å². The summed E-state index contributed by atoms with van der Waals surface area (Å²) in [5.74, 6) is 0. The number of aliphatic hydroxyl groups is 1. The van der Waals surface area contributed by atoms with Gasteiger partial charge in [-0.05, 0) is 18.1 Å². The van der Waals surface area contributed by atoms with Crippen molar-refractivity contribution >= 4 is 11.7 Å². The SMILES string of the molecule is CN(CCO)C(=O)Nc1ccccc1CCC(F)(F)F. The molecule has 20 heavy (non-hydrogen) atoms. The molecule has 1 aromatic carbocycles. The number of hydrogen-bond acceptors (Lipinski definition) is 2. The molecule has 2 amide bonds. The Kier molecular flexibility index (Phi) is 5.82. The molecule has 1 rings (SSSR count). The van der Waals surface area contributed by atoms with Crippen LogP contribution in [0.1, 0.15) is 12.0 Å². The van der Waals surface area contributed by atoms with E-state index in [1.165, 1.54) is 11.9 Å². The average Bonchev–Trinajstić information content (AvgIpc) is 2.37. The highest BCUT2D eigenvalue weighted by atomic mass is 19.4. The zero-order valence-corrected chi connectivity index (χ0v) is 11.1. The molecule has 0 saturated carbocycles. The second kappa shape index (κ2) is 7.14. The van der Waals surface area contributed by atoms with Crippen LogP contribution in [0.2, 0.25) is 0 Å². The molecular weight excluding hydrogens is 273 g/mol. The number of alkyl halides is 3. The van der Waals surface area contributed by atoms with E-state index in [1.54, 1.807) is 24.3 Å². The summed E-state index contributed by atoms with van der Waals surface area (Å²) in [6.07, 6.45) is -5.36. The lowest BCUT2D eigenvalue weighted by molar-refractivity contribution is -0.133. The number of benzene rings is 1. The Balaban J connectivity index is 2.72. The van der Waals surface area contributed by atoms with E-state index in [9.17, 15) is 18.0 Å².